The summed E-state index contributed by atoms with van der Waals surface area (Å²) in [5, 5.41) is 53.7. The minimum Gasteiger partial charge on any atom is -0.508 e. The van der Waals surface area contributed by atoms with Crippen LogP contribution in [0.15, 0.2) is 59.7 Å². The lowest BCUT2D eigenvalue weighted by atomic mass is 9.85. The average Bonchev–Trinajstić information content (AvgIpc) is 1.77. The number of fused-ring (bicyclic) bond motifs is 2. The van der Waals surface area contributed by atoms with E-state index in [4.69, 9.17) is 34.4 Å². The molecule has 39 nitrogen and oxygen atoms in total. The smallest absolute Gasteiger partial charge is 0.303 e. The third-order valence-corrected chi connectivity index (χ3v) is 20.9. The van der Waals surface area contributed by atoms with Crippen molar-refractivity contribution in [1.82, 2.24) is 67.5 Å². The molecule has 0 unspecified atom stereocenters. The number of aliphatic carboxylic acids is 2. The van der Waals surface area contributed by atoms with Crippen LogP contribution in [0.2, 0.25) is 0 Å². The average molecular weight is 1670 g/mol. The number of nitrogens with one attached hydrogen (secondary N) is 10. The normalized spacial score (nSPS) is 19.9. The SMILES string of the molecule is CC(C)C[C@H](NC(=O)[C@@H](N)CCC(=O)O)C(=O)N[C@@H](Cc1ccc(O)cc1)C(=O)N[C@@H](CCC(=O)O)C(=O)N[C@@H](CC(N)=O)C(=O)N[C@@H](CCCCN)C(=O)N1CCC[C@H]1C(=O)N[C@@H](CCCN=C(N)N)C(=O)N1C(=O)[C@H](CC(C)C)NC(=O)[C@H](C(C)(C)C)NC(=O)[C@H](Cc2c[nH]c3ccccc23)NC(=O)[C@@H]2CCCN2C(=O)[C@@H]1CCCCN. The van der Waals surface area contributed by atoms with E-state index in [9.17, 15) is 63.3 Å². The zero-order valence-electron chi connectivity index (χ0n) is 68.9. The summed E-state index contributed by atoms with van der Waals surface area (Å²) in [5.74, 6) is -17.6. The van der Waals surface area contributed by atoms with Gasteiger partial charge >= 0.3 is 11.9 Å². The van der Waals surface area contributed by atoms with Crippen molar-refractivity contribution in [3.8, 4) is 5.75 Å². The van der Waals surface area contributed by atoms with Gasteiger partial charge in [0, 0.05) is 62.4 Å². The number of hydrogen-bond donors (Lipinski definition) is 19. The number of H-pyrrole nitrogens is 1. The molecule has 2 aromatic carbocycles. The molecule has 1 aromatic heterocycles. The number of imide groups is 1. The number of aliphatic imine (C=N–C) groups is 1. The second-order valence-corrected chi connectivity index (χ2v) is 32.6. The van der Waals surface area contributed by atoms with Gasteiger partial charge in [0.05, 0.1) is 12.5 Å². The van der Waals surface area contributed by atoms with Gasteiger partial charge in [0.25, 0.3) is 11.8 Å². The Morgan fingerprint density at radius 2 is 1.18 bits per heavy atom. The summed E-state index contributed by atoms with van der Waals surface area (Å²) in [6.07, 6.45) is -1.54. The fourth-order valence-corrected chi connectivity index (χ4v) is 14.7. The molecule has 3 aliphatic heterocycles. The van der Waals surface area contributed by atoms with E-state index in [1.165, 1.54) is 29.2 Å². The number of primary amides is 1. The van der Waals surface area contributed by atoms with E-state index in [-0.39, 0.29) is 160 Å². The number of amides is 14. The van der Waals surface area contributed by atoms with E-state index in [1.54, 1.807) is 54.7 Å². The standard InChI is InChI=1S/C80H122N20O19/c1-43(2)37-54(92-66(107)49(83)28-30-63(103)104)68(109)93-55(39-45-24-26-47(101)27-25-45)69(110)89-51(29-31-64(105)106)67(108)94-57(41-62(84)102)70(111)90-52(19-10-12-32-81)75(116)98-35-15-22-59(98)72(113)91-53(20-14-34-87-79(85)86)76(117)100-61(21-11-13-33-82)78(119)99-36-16-23-60(99)73(114)95-56(40-46-42-88-50-18-9-8-17-48(46)50)71(112)97-65(80(5,6)7)74(115)96-58(77(100)118)38-44(3)4/h8-9,17-18,24-27,42-44,49,51-61,65,88,101H,10-16,19-23,28-41,81-83H2,1-7H3,(H2,84,102)(H,89,110)(H,90,111)(H,91,113)(H,92,107)(H,93,109)(H,94,108)(H,95,114)(H,96,115)(H,97,112)(H,103,104)(H,105,106)(H4,85,86,87)/t49-,51-,52-,53-,54-,55-,56-,57-,58-,59-,60-,61-,65+/m0/s1. The molecule has 3 aromatic rings. The lowest BCUT2D eigenvalue weighted by Crippen LogP contribution is -2.64. The molecule has 0 spiro atoms. The molecule has 14 amide bonds. The minimum atomic E-state index is -1.97. The van der Waals surface area contributed by atoms with Crippen LogP contribution in [0.25, 0.3) is 10.9 Å². The van der Waals surface area contributed by atoms with Gasteiger partial charge < -0.3 is 112 Å². The van der Waals surface area contributed by atoms with Crippen LogP contribution in [0, 0.1) is 17.3 Å². The van der Waals surface area contributed by atoms with Crippen LogP contribution in [0.5, 0.6) is 5.75 Å². The maximum absolute atomic E-state index is 16.3. The highest BCUT2D eigenvalue weighted by Crippen LogP contribution is 2.29. The number of aromatic nitrogens is 1. The lowest BCUT2D eigenvalue weighted by Gasteiger charge is -2.38. The number of carboxylic acid groups (broad SMARTS) is 2. The number of para-hydroxylation sites is 1. The van der Waals surface area contributed by atoms with Gasteiger partial charge in [0.1, 0.15) is 78.3 Å². The van der Waals surface area contributed by atoms with E-state index in [0.29, 0.717) is 11.1 Å². The fourth-order valence-electron chi connectivity index (χ4n) is 14.7. The molecule has 0 radical (unpaired) electrons. The number of carboxylic acids is 2. The van der Waals surface area contributed by atoms with Gasteiger partial charge in [-0.1, -0.05) is 78.8 Å². The monoisotopic (exact) mass is 1670 g/mol. The number of rotatable bonds is 42. The first-order valence-electron chi connectivity index (χ1n) is 40.7. The van der Waals surface area contributed by atoms with Gasteiger partial charge in [-0.05, 0) is 162 Å². The highest BCUT2D eigenvalue weighted by Gasteiger charge is 2.49. The van der Waals surface area contributed by atoms with Gasteiger partial charge in [-0.15, -0.1) is 0 Å². The molecule has 6 rings (SSSR count). The van der Waals surface area contributed by atoms with Crippen molar-refractivity contribution in [2.24, 2.45) is 56.6 Å². The molecule has 25 N–H and O–H groups in total. The van der Waals surface area contributed by atoms with Crippen molar-refractivity contribution in [3.05, 3.63) is 65.9 Å². The number of likely N-dealkylation sites (tertiary alicyclic amines) is 1. The Labute approximate surface area is 691 Å². The summed E-state index contributed by atoms with van der Waals surface area (Å²) in [6.45, 7) is 11.9. The quantitative estimate of drug-likeness (QED) is 0.0168. The van der Waals surface area contributed by atoms with Gasteiger partial charge in [-0.2, -0.15) is 0 Å². The summed E-state index contributed by atoms with van der Waals surface area (Å²) in [5.41, 5.74) is 35.8. The molecule has 13 atom stereocenters. The second-order valence-electron chi connectivity index (χ2n) is 32.6. The molecule has 656 valence electrons. The van der Waals surface area contributed by atoms with Crippen molar-refractivity contribution in [1.29, 1.82) is 0 Å². The molecule has 39 heteroatoms. The zero-order chi connectivity index (χ0) is 88.1. The van der Waals surface area contributed by atoms with Gasteiger partial charge in [-0.3, -0.25) is 86.6 Å². The van der Waals surface area contributed by atoms with Crippen molar-refractivity contribution in [2.75, 3.05) is 32.7 Å². The Kier molecular flexibility index (Phi) is 37.4. The van der Waals surface area contributed by atoms with E-state index >= 15 is 28.8 Å². The Morgan fingerprint density at radius 3 is 1.82 bits per heavy atom. The topological polar surface area (TPSA) is 636 Å². The Balaban J connectivity index is 1.35. The number of aromatic amines is 1. The number of carbonyl (C=O) groups is 16. The first-order valence-corrected chi connectivity index (χ1v) is 40.7. The number of guanidine groups is 1. The van der Waals surface area contributed by atoms with Crippen LogP contribution < -0.4 is 82.3 Å². The van der Waals surface area contributed by atoms with Crippen LogP contribution in [-0.2, 0) is 89.6 Å². The van der Waals surface area contributed by atoms with E-state index in [1.807, 2.05) is 24.3 Å². The molecule has 3 fully saturated rings. The predicted molar refractivity (Wildman–Crippen MR) is 436 cm³/mol. The second kappa shape index (κ2) is 46.1. The number of phenolic OH excluding ortho intramolecular Hbond substituents is 1. The first-order chi connectivity index (χ1) is 56.2. The maximum atomic E-state index is 16.3. The summed E-state index contributed by atoms with van der Waals surface area (Å²) in [4.78, 5) is 242. The van der Waals surface area contributed by atoms with Crippen molar-refractivity contribution in [3.63, 3.8) is 0 Å². The Hall–Kier alpha value is -11.4. The molecule has 3 aliphatic rings. The number of carbonyl (C=O) groups excluding carboxylic acids is 14. The maximum Gasteiger partial charge on any atom is 0.303 e. The summed E-state index contributed by atoms with van der Waals surface area (Å²) in [6, 6.07) is -7.56. The minimum absolute atomic E-state index is 0.0233. The molecular weight excluding hydrogens is 1550 g/mol. The van der Waals surface area contributed by atoms with Crippen molar-refractivity contribution >= 4 is 112 Å². The molecule has 0 aliphatic carbocycles. The number of hydrogen-bond acceptors (Lipinski definition) is 21. The molecule has 0 saturated carbocycles. The van der Waals surface area contributed by atoms with Crippen LogP contribution >= 0.6 is 0 Å². The lowest BCUT2D eigenvalue weighted by molar-refractivity contribution is -0.160. The number of nitrogens with zero attached hydrogens (tertiary/aromatic N) is 4. The van der Waals surface area contributed by atoms with Crippen molar-refractivity contribution in [2.45, 2.75) is 262 Å². The summed E-state index contributed by atoms with van der Waals surface area (Å²) >= 11 is 0. The van der Waals surface area contributed by atoms with Crippen LogP contribution in [0.3, 0.4) is 0 Å². The van der Waals surface area contributed by atoms with E-state index in [2.05, 4.69) is 57.8 Å². The highest BCUT2D eigenvalue weighted by atomic mass is 16.4. The molecule has 0 bridgehead atoms. The van der Waals surface area contributed by atoms with Gasteiger partial charge in [0.15, 0.2) is 5.96 Å². The number of unbranched alkanes of at least 4 members (excludes halogenated alkanes) is 2. The van der Waals surface area contributed by atoms with Gasteiger partial charge in [0.2, 0.25) is 70.9 Å². The van der Waals surface area contributed by atoms with Crippen LogP contribution in [-0.4, -0.2) is 247 Å². The Morgan fingerprint density at radius 1 is 0.597 bits per heavy atom. The molecule has 119 heavy (non-hydrogen) atoms. The summed E-state index contributed by atoms with van der Waals surface area (Å²) < 4.78 is 0. The largest absolute Gasteiger partial charge is 0.508 e. The van der Waals surface area contributed by atoms with Crippen LogP contribution in [0.1, 0.15) is 182 Å². The summed E-state index contributed by atoms with van der Waals surface area (Å²) in [7, 11) is 0. The van der Waals surface area contributed by atoms with E-state index in [0.717, 1.165) is 20.7 Å². The number of phenols is 1. The fraction of sp³-hybridized carbons (Fsp3) is 0.613. The van der Waals surface area contributed by atoms with Crippen molar-refractivity contribution < 1.29 is 92.0 Å². The highest BCUT2D eigenvalue weighted by molar-refractivity contribution is 6.08. The first kappa shape index (κ1) is 96.5. The molecule has 4 heterocycles. The zero-order valence-corrected chi connectivity index (χ0v) is 68.9. The predicted octanol–water partition coefficient (Wildman–Crippen LogP) is -1.88. The van der Waals surface area contributed by atoms with Crippen LogP contribution in [0.4, 0.5) is 0 Å². The number of aromatic hydroxyl groups is 1. The Bertz CT molecular complexity index is 4110. The number of nitrogens with two attached hydrogens (primary N) is 6. The third kappa shape index (κ3) is 29.3. The van der Waals surface area contributed by atoms with E-state index < -0.39 is 210 Å². The third-order valence-electron chi connectivity index (χ3n) is 20.9. The molecule has 3 saturated heterocycles. The number of benzene rings is 2. The van der Waals surface area contributed by atoms with Gasteiger partial charge in [-0.25, -0.2) is 0 Å². The molecular formula is C80H122N20O19.